The highest BCUT2D eigenvalue weighted by Gasteiger charge is 2.33. The van der Waals surface area contributed by atoms with Crippen molar-refractivity contribution in [3.63, 3.8) is 0 Å². The number of halogens is 1. The number of hydrogen-bond donors (Lipinski definition) is 1. The van der Waals surface area contributed by atoms with Gasteiger partial charge in [-0.15, -0.1) is 0 Å². The van der Waals surface area contributed by atoms with Gasteiger partial charge in [0.2, 0.25) is 5.91 Å². The normalized spacial score (nSPS) is 17.5. The van der Waals surface area contributed by atoms with E-state index in [2.05, 4.69) is 33.4 Å². The number of benzene rings is 1. The van der Waals surface area contributed by atoms with E-state index < -0.39 is 0 Å². The quantitative estimate of drug-likeness (QED) is 0.875. The molecule has 21 heavy (non-hydrogen) atoms. The Labute approximate surface area is 136 Å². The van der Waals surface area contributed by atoms with Gasteiger partial charge in [0.1, 0.15) is 0 Å². The number of rotatable bonds is 5. The van der Waals surface area contributed by atoms with Crippen LogP contribution < -0.4 is 5.32 Å². The minimum absolute atomic E-state index is 0.0147. The Bertz CT molecular complexity index is 483. The molecule has 0 radical (unpaired) electrons. The van der Waals surface area contributed by atoms with Crippen LogP contribution in [0, 0.1) is 0 Å². The SMILES string of the molecule is CNC1(CC(=O)N(C)Cc2cccc(Br)c2)CCCCC1. The van der Waals surface area contributed by atoms with Gasteiger partial charge in [-0.05, 0) is 37.6 Å². The summed E-state index contributed by atoms with van der Waals surface area (Å²) < 4.78 is 1.06. The molecule has 0 spiro atoms. The highest BCUT2D eigenvalue weighted by atomic mass is 79.9. The molecule has 116 valence electrons. The molecule has 0 unspecified atom stereocenters. The van der Waals surface area contributed by atoms with Crippen molar-refractivity contribution in [3.05, 3.63) is 34.3 Å². The molecule has 0 heterocycles. The number of carbonyl (C=O) groups is 1. The summed E-state index contributed by atoms with van der Waals surface area (Å²) >= 11 is 3.48. The predicted octanol–water partition coefficient (Wildman–Crippen LogP) is 3.72. The van der Waals surface area contributed by atoms with Crippen molar-refractivity contribution in [2.45, 2.75) is 50.6 Å². The smallest absolute Gasteiger partial charge is 0.224 e. The van der Waals surface area contributed by atoms with Gasteiger partial charge in [0.05, 0.1) is 0 Å². The third kappa shape index (κ3) is 4.55. The molecule has 0 aliphatic heterocycles. The molecule has 0 saturated heterocycles. The van der Waals surface area contributed by atoms with Crippen molar-refractivity contribution in [2.75, 3.05) is 14.1 Å². The fraction of sp³-hybridized carbons (Fsp3) is 0.588. The van der Waals surface area contributed by atoms with E-state index >= 15 is 0 Å². The maximum atomic E-state index is 12.5. The number of carbonyl (C=O) groups excluding carboxylic acids is 1. The van der Waals surface area contributed by atoms with E-state index in [-0.39, 0.29) is 11.4 Å². The third-order valence-electron chi connectivity index (χ3n) is 4.57. The highest BCUT2D eigenvalue weighted by Crippen LogP contribution is 2.31. The van der Waals surface area contributed by atoms with E-state index in [1.807, 2.05) is 31.1 Å². The fourth-order valence-corrected chi connectivity index (χ4v) is 3.61. The molecular formula is C17H25BrN2O. The predicted molar refractivity (Wildman–Crippen MR) is 90.1 cm³/mol. The van der Waals surface area contributed by atoms with E-state index in [0.717, 1.165) is 22.9 Å². The molecule has 1 amide bonds. The van der Waals surface area contributed by atoms with Crippen LogP contribution in [0.3, 0.4) is 0 Å². The second kappa shape index (κ2) is 7.41. The summed E-state index contributed by atoms with van der Waals surface area (Å²) in [5.74, 6) is 0.228. The Balaban J connectivity index is 1.95. The molecule has 1 saturated carbocycles. The van der Waals surface area contributed by atoms with Crippen molar-refractivity contribution < 1.29 is 4.79 Å². The van der Waals surface area contributed by atoms with Crippen LogP contribution in [0.2, 0.25) is 0 Å². The summed E-state index contributed by atoms with van der Waals surface area (Å²) in [4.78, 5) is 14.4. The Kier molecular flexibility index (Phi) is 5.82. The van der Waals surface area contributed by atoms with Crippen LogP contribution in [-0.4, -0.2) is 30.4 Å². The zero-order valence-electron chi connectivity index (χ0n) is 13.0. The van der Waals surface area contributed by atoms with Gasteiger partial charge in [-0.3, -0.25) is 4.79 Å². The van der Waals surface area contributed by atoms with Gasteiger partial charge in [0.15, 0.2) is 0 Å². The molecule has 3 nitrogen and oxygen atoms in total. The molecule has 4 heteroatoms. The number of nitrogens with one attached hydrogen (secondary N) is 1. The molecule has 2 rings (SSSR count). The summed E-state index contributed by atoms with van der Waals surface area (Å²) in [7, 11) is 3.89. The third-order valence-corrected chi connectivity index (χ3v) is 5.06. The number of hydrogen-bond acceptors (Lipinski definition) is 2. The minimum Gasteiger partial charge on any atom is -0.341 e. The first-order valence-electron chi connectivity index (χ1n) is 7.72. The van der Waals surface area contributed by atoms with Gasteiger partial charge in [-0.2, -0.15) is 0 Å². The number of nitrogens with zero attached hydrogens (tertiary/aromatic N) is 1. The van der Waals surface area contributed by atoms with Crippen molar-refractivity contribution >= 4 is 21.8 Å². The average Bonchev–Trinajstić information content (AvgIpc) is 2.48. The van der Waals surface area contributed by atoms with Crippen LogP contribution >= 0.6 is 15.9 Å². The summed E-state index contributed by atoms with van der Waals surface area (Å²) in [6, 6.07) is 8.14. The number of amides is 1. The van der Waals surface area contributed by atoms with Gasteiger partial charge in [0.25, 0.3) is 0 Å². The Morgan fingerprint density at radius 3 is 2.67 bits per heavy atom. The van der Waals surface area contributed by atoms with Crippen LogP contribution in [-0.2, 0) is 11.3 Å². The fourth-order valence-electron chi connectivity index (χ4n) is 3.17. The lowest BCUT2D eigenvalue weighted by atomic mass is 9.79. The van der Waals surface area contributed by atoms with Crippen molar-refractivity contribution in [2.24, 2.45) is 0 Å². The van der Waals surface area contributed by atoms with Gasteiger partial charge in [-0.1, -0.05) is 47.3 Å². The first kappa shape index (κ1) is 16.5. The first-order chi connectivity index (χ1) is 10.0. The molecule has 1 N–H and O–H groups in total. The van der Waals surface area contributed by atoms with Crippen LogP contribution in [0.5, 0.6) is 0 Å². The van der Waals surface area contributed by atoms with Crippen molar-refractivity contribution in [1.82, 2.24) is 10.2 Å². The van der Waals surface area contributed by atoms with Crippen LogP contribution in [0.15, 0.2) is 28.7 Å². The zero-order chi connectivity index (χ0) is 15.3. The second-order valence-corrected chi connectivity index (χ2v) is 7.06. The first-order valence-corrected chi connectivity index (χ1v) is 8.51. The van der Waals surface area contributed by atoms with Crippen LogP contribution in [0.1, 0.15) is 44.1 Å². The summed E-state index contributed by atoms with van der Waals surface area (Å²) in [5.41, 5.74) is 1.17. The van der Waals surface area contributed by atoms with E-state index in [4.69, 9.17) is 0 Å². The lowest BCUT2D eigenvalue weighted by Gasteiger charge is -2.37. The van der Waals surface area contributed by atoms with Gasteiger partial charge < -0.3 is 10.2 Å². The summed E-state index contributed by atoms with van der Waals surface area (Å²) in [6.07, 6.45) is 6.58. The summed E-state index contributed by atoms with van der Waals surface area (Å²) in [6.45, 7) is 0.665. The molecule has 0 atom stereocenters. The van der Waals surface area contributed by atoms with E-state index in [1.54, 1.807) is 0 Å². The molecule has 0 bridgehead atoms. The monoisotopic (exact) mass is 352 g/mol. The molecule has 1 fully saturated rings. The lowest BCUT2D eigenvalue weighted by molar-refractivity contribution is -0.132. The largest absolute Gasteiger partial charge is 0.341 e. The molecule has 1 aliphatic rings. The van der Waals surface area contributed by atoms with Crippen molar-refractivity contribution in [1.29, 1.82) is 0 Å². The molecule has 1 aromatic carbocycles. The van der Waals surface area contributed by atoms with E-state index in [9.17, 15) is 4.79 Å². The van der Waals surface area contributed by atoms with Gasteiger partial charge in [0, 0.05) is 30.0 Å². The standard InChI is InChI=1S/C17H25BrN2O/c1-19-17(9-4-3-5-10-17)12-16(21)20(2)13-14-7-6-8-15(18)11-14/h6-8,11,19H,3-5,9-10,12-13H2,1-2H3. The average molecular weight is 353 g/mol. The van der Waals surface area contributed by atoms with E-state index in [1.165, 1.54) is 19.3 Å². The van der Waals surface area contributed by atoms with Gasteiger partial charge >= 0.3 is 0 Å². The lowest BCUT2D eigenvalue weighted by Crippen LogP contribution is -2.48. The minimum atomic E-state index is 0.0147. The highest BCUT2D eigenvalue weighted by molar-refractivity contribution is 9.10. The second-order valence-electron chi connectivity index (χ2n) is 6.15. The Morgan fingerprint density at radius 2 is 2.05 bits per heavy atom. The summed E-state index contributed by atoms with van der Waals surface area (Å²) in [5, 5.41) is 3.42. The Morgan fingerprint density at radius 1 is 1.33 bits per heavy atom. The topological polar surface area (TPSA) is 32.3 Å². The van der Waals surface area contributed by atoms with Crippen LogP contribution in [0.4, 0.5) is 0 Å². The zero-order valence-corrected chi connectivity index (χ0v) is 14.6. The van der Waals surface area contributed by atoms with E-state index in [0.29, 0.717) is 13.0 Å². The molecule has 1 aromatic rings. The van der Waals surface area contributed by atoms with Gasteiger partial charge in [-0.25, -0.2) is 0 Å². The maximum absolute atomic E-state index is 12.5. The Hall–Kier alpha value is -0.870. The molecule has 0 aromatic heterocycles. The maximum Gasteiger partial charge on any atom is 0.224 e. The molecular weight excluding hydrogens is 328 g/mol. The van der Waals surface area contributed by atoms with Crippen molar-refractivity contribution in [3.8, 4) is 0 Å². The van der Waals surface area contributed by atoms with Crippen LogP contribution in [0.25, 0.3) is 0 Å². The molecule has 1 aliphatic carbocycles.